The molecule has 3 nitrogen and oxygen atoms in total. The van der Waals surface area contributed by atoms with Crippen LogP contribution in [0.3, 0.4) is 0 Å². The van der Waals surface area contributed by atoms with Crippen molar-refractivity contribution in [3.05, 3.63) is 35.9 Å². The Kier molecular flexibility index (Phi) is 3.59. The Labute approximate surface area is 89.2 Å². The first kappa shape index (κ1) is 10.7. The van der Waals surface area contributed by atoms with Gasteiger partial charge in [0, 0.05) is 19.7 Å². The molecule has 0 fully saturated rings. The standard InChI is InChI=1S/C10H13N3S/c1-13(2)10(14)12-9(11)8-6-4-3-5-7-8/h3-7H,1-2H3,(H2,11,12,14). The van der Waals surface area contributed by atoms with Crippen LogP contribution in [0.15, 0.2) is 35.3 Å². The molecule has 0 aliphatic rings. The molecule has 0 radical (unpaired) electrons. The van der Waals surface area contributed by atoms with Crippen molar-refractivity contribution in [2.75, 3.05) is 14.1 Å². The van der Waals surface area contributed by atoms with E-state index in [9.17, 15) is 0 Å². The summed E-state index contributed by atoms with van der Waals surface area (Å²) in [6, 6.07) is 9.56. The van der Waals surface area contributed by atoms with Gasteiger partial charge in [-0.3, -0.25) is 0 Å². The molecule has 0 saturated carbocycles. The zero-order valence-electron chi connectivity index (χ0n) is 8.27. The summed E-state index contributed by atoms with van der Waals surface area (Å²) in [5.41, 5.74) is 6.66. The second-order valence-corrected chi connectivity index (χ2v) is 3.41. The van der Waals surface area contributed by atoms with E-state index in [-0.39, 0.29) is 0 Å². The van der Waals surface area contributed by atoms with Crippen LogP contribution in [0.25, 0.3) is 0 Å². The van der Waals surface area contributed by atoms with Gasteiger partial charge in [-0.25, -0.2) is 4.99 Å². The van der Waals surface area contributed by atoms with Gasteiger partial charge in [-0.15, -0.1) is 0 Å². The summed E-state index contributed by atoms with van der Waals surface area (Å²) in [5.74, 6) is 0.448. The molecule has 74 valence electrons. The summed E-state index contributed by atoms with van der Waals surface area (Å²) < 4.78 is 0. The van der Waals surface area contributed by atoms with Crippen LogP contribution in [-0.4, -0.2) is 29.9 Å². The van der Waals surface area contributed by atoms with E-state index in [1.807, 2.05) is 44.4 Å². The minimum absolute atomic E-state index is 0.448. The van der Waals surface area contributed by atoms with E-state index in [1.165, 1.54) is 0 Å². The highest BCUT2D eigenvalue weighted by atomic mass is 32.1. The van der Waals surface area contributed by atoms with Gasteiger partial charge in [0.15, 0.2) is 5.11 Å². The smallest absolute Gasteiger partial charge is 0.196 e. The summed E-state index contributed by atoms with van der Waals surface area (Å²) in [7, 11) is 3.67. The fraction of sp³-hybridized carbons (Fsp3) is 0.200. The van der Waals surface area contributed by atoms with E-state index in [0.29, 0.717) is 10.9 Å². The highest BCUT2D eigenvalue weighted by Gasteiger charge is 2.00. The largest absolute Gasteiger partial charge is 0.383 e. The topological polar surface area (TPSA) is 41.6 Å². The van der Waals surface area contributed by atoms with E-state index in [0.717, 1.165) is 5.56 Å². The predicted octanol–water partition coefficient (Wildman–Crippen LogP) is 1.24. The summed E-state index contributed by atoms with van der Waals surface area (Å²) >= 11 is 5.01. The molecule has 0 amide bonds. The van der Waals surface area contributed by atoms with Gasteiger partial charge >= 0.3 is 0 Å². The molecule has 14 heavy (non-hydrogen) atoms. The van der Waals surface area contributed by atoms with Crippen molar-refractivity contribution in [2.45, 2.75) is 0 Å². The molecule has 0 aliphatic carbocycles. The normalized spacial score (nSPS) is 11.1. The molecule has 0 spiro atoms. The third-order valence-electron chi connectivity index (χ3n) is 1.67. The molecule has 1 aromatic rings. The molecule has 2 N–H and O–H groups in total. The lowest BCUT2D eigenvalue weighted by atomic mass is 10.2. The molecule has 4 heteroatoms. The SMILES string of the molecule is CN(C)C(=S)N=C(N)c1ccccc1. The monoisotopic (exact) mass is 207 g/mol. The van der Waals surface area contributed by atoms with Crippen molar-refractivity contribution < 1.29 is 0 Å². The molecule has 1 aromatic carbocycles. The average Bonchev–Trinajstić information content (AvgIpc) is 2.19. The first-order chi connectivity index (χ1) is 6.61. The first-order valence-corrected chi connectivity index (χ1v) is 4.63. The lowest BCUT2D eigenvalue weighted by molar-refractivity contribution is 0.628. The van der Waals surface area contributed by atoms with Gasteiger partial charge in [-0.2, -0.15) is 0 Å². The molecular formula is C10H13N3S. The maximum atomic E-state index is 5.77. The minimum atomic E-state index is 0.448. The van der Waals surface area contributed by atoms with Crippen molar-refractivity contribution in [1.29, 1.82) is 0 Å². The maximum Gasteiger partial charge on any atom is 0.196 e. The van der Waals surface area contributed by atoms with Gasteiger partial charge in [-0.1, -0.05) is 30.3 Å². The lowest BCUT2D eigenvalue weighted by Gasteiger charge is -2.09. The Bertz CT molecular complexity index is 344. The summed E-state index contributed by atoms with van der Waals surface area (Å²) in [6.45, 7) is 0. The molecule has 0 aliphatic heterocycles. The van der Waals surface area contributed by atoms with Crippen LogP contribution in [0, 0.1) is 0 Å². The molecule has 0 heterocycles. The number of thiocarbonyl (C=S) groups is 1. The fourth-order valence-electron chi connectivity index (χ4n) is 0.877. The molecule has 0 saturated heterocycles. The number of nitrogens with zero attached hydrogens (tertiary/aromatic N) is 2. The van der Waals surface area contributed by atoms with Gasteiger partial charge in [0.25, 0.3) is 0 Å². The van der Waals surface area contributed by atoms with Crippen molar-refractivity contribution in [3.8, 4) is 0 Å². The third-order valence-corrected chi connectivity index (χ3v) is 2.12. The second-order valence-electron chi connectivity index (χ2n) is 3.04. The lowest BCUT2D eigenvalue weighted by Crippen LogP contribution is -2.22. The van der Waals surface area contributed by atoms with Crippen LogP contribution in [-0.2, 0) is 0 Å². The van der Waals surface area contributed by atoms with Crippen molar-refractivity contribution in [1.82, 2.24) is 4.90 Å². The number of rotatable bonds is 1. The zero-order valence-corrected chi connectivity index (χ0v) is 9.08. The van der Waals surface area contributed by atoms with E-state index >= 15 is 0 Å². The molecule has 1 rings (SSSR count). The van der Waals surface area contributed by atoms with E-state index in [4.69, 9.17) is 18.0 Å². The van der Waals surface area contributed by atoms with Crippen molar-refractivity contribution in [2.24, 2.45) is 10.7 Å². The summed E-state index contributed by atoms with van der Waals surface area (Å²) in [6.07, 6.45) is 0. The highest BCUT2D eigenvalue weighted by molar-refractivity contribution is 7.80. The number of benzene rings is 1. The highest BCUT2D eigenvalue weighted by Crippen LogP contribution is 1.98. The quantitative estimate of drug-likeness (QED) is 0.428. The Hall–Kier alpha value is -1.42. The Morgan fingerprint density at radius 2 is 1.86 bits per heavy atom. The fourth-order valence-corrected chi connectivity index (χ4v) is 0.975. The van der Waals surface area contributed by atoms with Crippen LogP contribution in [0.4, 0.5) is 0 Å². The maximum absolute atomic E-state index is 5.77. The number of hydrogen-bond donors (Lipinski definition) is 1. The molecular weight excluding hydrogens is 194 g/mol. The zero-order chi connectivity index (χ0) is 10.6. The van der Waals surface area contributed by atoms with Gasteiger partial charge in [0.05, 0.1) is 0 Å². The van der Waals surface area contributed by atoms with Crippen LogP contribution in [0.1, 0.15) is 5.56 Å². The molecule has 0 atom stereocenters. The Morgan fingerprint density at radius 1 is 1.29 bits per heavy atom. The van der Waals surface area contributed by atoms with Crippen molar-refractivity contribution >= 4 is 23.2 Å². The van der Waals surface area contributed by atoms with Crippen molar-refractivity contribution in [3.63, 3.8) is 0 Å². The molecule has 0 aromatic heterocycles. The summed E-state index contributed by atoms with van der Waals surface area (Å²) in [5, 5.41) is 0.478. The number of nitrogens with two attached hydrogens (primary N) is 1. The number of hydrogen-bond acceptors (Lipinski definition) is 1. The van der Waals surface area contributed by atoms with Gasteiger partial charge in [0.2, 0.25) is 0 Å². The molecule has 0 unspecified atom stereocenters. The summed E-state index contributed by atoms with van der Waals surface area (Å²) in [4.78, 5) is 5.84. The van der Waals surface area contributed by atoms with Crippen LogP contribution < -0.4 is 5.73 Å². The third kappa shape index (κ3) is 2.81. The molecule has 0 bridgehead atoms. The number of amidine groups is 1. The van der Waals surface area contributed by atoms with E-state index in [1.54, 1.807) is 4.90 Å². The average molecular weight is 207 g/mol. The van der Waals surface area contributed by atoms with E-state index in [2.05, 4.69) is 4.99 Å². The second kappa shape index (κ2) is 4.72. The predicted molar refractivity (Wildman–Crippen MR) is 63.5 cm³/mol. The van der Waals surface area contributed by atoms with E-state index < -0.39 is 0 Å². The Morgan fingerprint density at radius 3 is 2.36 bits per heavy atom. The Balaban J connectivity index is 2.85. The minimum Gasteiger partial charge on any atom is -0.383 e. The van der Waals surface area contributed by atoms with Gasteiger partial charge in [-0.05, 0) is 12.2 Å². The van der Waals surface area contributed by atoms with Crippen LogP contribution >= 0.6 is 12.2 Å². The van der Waals surface area contributed by atoms with Crippen LogP contribution in [0.5, 0.6) is 0 Å². The van der Waals surface area contributed by atoms with Crippen LogP contribution in [0.2, 0.25) is 0 Å². The number of aliphatic imine (C=N–C) groups is 1. The van der Waals surface area contributed by atoms with Gasteiger partial charge < -0.3 is 10.6 Å². The first-order valence-electron chi connectivity index (χ1n) is 4.22. The van der Waals surface area contributed by atoms with Gasteiger partial charge in [0.1, 0.15) is 5.84 Å².